The van der Waals surface area contributed by atoms with Gasteiger partial charge in [0.1, 0.15) is 0 Å². The fourth-order valence-electron chi connectivity index (χ4n) is 2.17. The molecule has 0 spiro atoms. The standard InChI is InChI=1S/C12H17N/c1-3-11-8-10-6-4-5-7-12(10)9(2)13-11/h4-7,9,11,13H,3,8H2,1-2H3. The third-order valence-electron chi connectivity index (χ3n) is 2.97. The first-order chi connectivity index (χ1) is 6.31. The molecule has 0 bridgehead atoms. The molecule has 2 rings (SSSR count). The van der Waals surface area contributed by atoms with Gasteiger partial charge in [-0.2, -0.15) is 0 Å². The fraction of sp³-hybridized carbons (Fsp3) is 0.500. The summed E-state index contributed by atoms with van der Waals surface area (Å²) in [6.45, 7) is 4.50. The highest BCUT2D eigenvalue weighted by Crippen LogP contribution is 2.25. The van der Waals surface area contributed by atoms with Gasteiger partial charge in [-0.15, -0.1) is 0 Å². The van der Waals surface area contributed by atoms with E-state index in [9.17, 15) is 0 Å². The van der Waals surface area contributed by atoms with Crippen LogP contribution in [0, 0.1) is 0 Å². The summed E-state index contributed by atoms with van der Waals surface area (Å²) in [5.41, 5.74) is 3.01. The average molecular weight is 175 g/mol. The third-order valence-corrected chi connectivity index (χ3v) is 2.97. The molecule has 1 heterocycles. The summed E-state index contributed by atoms with van der Waals surface area (Å²) in [6, 6.07) is 9.96. The van der Waals surface area contributed by atoms with Gasteiger partial charge in [-0.05, 0) is 30.9 Å². The van der Waals surface area contributed by atoms with Gasteiger partial charge in [-0.25, -0.2) is 0 Å². The lowest BCUT2D eigenvalue weighted by Gasteiger charge is -2.30. The molecule has 1 aliphatic rings. The van der Waals surface area contributed by atoms with Crippen molar-refractivity contribution < 1.29 is 0 Å². The van der Waals surface area contributed by atoms with Crippen molar-refractivity contribution in [3.05, 3.63) is 35.4 Å². The predicted octanol–water partition coefficient (Wildman–Crippen LogP) is 2.67. The lowest BCUT2D eigenvalue weighted by Crippen LogP contribution is -2.37. The first-order valence-electron chi connectivity index (χ1n) is 5.15. The smallest absolute Gasteiger partial charge is 0.0297 e. The molecule has 2 atom stereocenters. The van der Waals surface area contributed by atoms with Crippen molar-refractivity contribution in [1.29, 1.82) is 0 Å². The SMILES string of the molecule is CCC1Cc2ccccc2C(C)N1. The van der Waals surface area contributed by atoms with Crippen LogP contribution in [0.15, 0.2) is 24.3 Å². The Balaban J connectivity index is 2.31. The average Bonchev–Trinajstić information content (AvgIpc) is 2.18. The summed E-state index contributed by atoms with van der Waals surface area (Å²) in [4.78, 5) is 0. The zero-order valence-corrected chi connectivity index (χ0v) is 8.38. The van der Waals surface area contributed by atoms with Crippen molar-refractivity contribution in [1.82, 2.24) is 5.32 Å². The molecule has 1 heteroatoms. The quantitative estimate of drug-likeness (QED) is 0.692. The minimum Gasteiger partial charge on any atom is -0.307 e. The van der Waals surface area contributed by atoms with Crippen LogP contribution < -0.4 is 5.32 Å². The van der Waals surface area contributed by atoms with Gasteiger partial charge in [0, 0.05) is 12.1 Å². The van der Waals surface area contributed by atoms with Gasteiger partial charge >= 0.3 is 0 Å². The van der Waals surface area contributed by atoms with Gasteiger partial charge in [0.05, 0.1) is 0 Å². The van der Waals surface area contributed by atoms with E-state index in [-0.39, 0.29) is 0 Å². The maximum atomic E-state index is 3.62. The van der Waals surface area contributed by atoms with Gasteiger partial charge in [0.25, 0.3) is 0 Å². The highest BCUT2D eigenvalue weighted by molar-refractivity contribution is 5.32. The summed E-state index contributed by atoms with van der Waals surface area (Å²) in [5, 5.41) is 3.62. The Morgan fingerprint density at radius 3 is 2.92 bits per heavy atom. The van der Waals surface area contributed by atoms with E-state index >= 15 is 0 Å². The van der Waals surface area contributed by atoms with E-state index in [1.54, 1.807) is 0 Å². The molecule has 0 radical (unpaired) electrons. The van der Waals surface area contributed by atoms with Crippen molar-refractivity contribution in [3.63, 3.8) is 0 Å². The number of hydrogen-bond acceptors (Lipinski definition) is 1. The second-order valence-corrected chi connectivity index (χ2v) is 3.90. The molecule has 0 amide bonds. The largest absolute Gasteiger partial charge is 0.307 e. The van der Waals surface area contributed by atoms with E-state index in [1.165, 1.54) is 24.0 Å². The molecule has 0 aromatic heterocycles. The van der Waals surface area contributed by atoms with Crippen LogP contribution in [0.5, 0.6) is 0 Å². The van der Waals surface area contributed by atoms with Gasteiger partial charge in [-0.3, -0.25) is 0 Å². The molecule has 1 aromatic rings. The van der Waals surface area contributed by atoms with E-state index in [0.29, 0.717) is 12.1 Å². The molecule has 13 heavy (non-hydrogen) atoms. The number of rotatable bonds is 1. The van der Waals surface area contributed by atoms with Gasteiger partial charge < -0.3 is 5.32 Å². The molecule has 0 fully saturated rings. The maximum Gasteiger partial charge on any atom is 0.0297 e. The molecule has 0 aliphatic carbocycles. The third kappa shape index (κ3) is 1.61. The van der Waals surface area contributed by atoms with Gasteiger partial charge in [0.15, 0.2) is 0 Å². The summed E-state index contributed by atoms with van der Waals surface area (Å²) >= 11 is 0. The summed E-state index contributed by atoms with van der Waals surface area (Å²) < 4.78 is 0. The molecular weight excluding hydrogens is 158 g/mol. The normalized spacial score (nSPS) is 26.9. The Hall–Kier alpha value is -0.820. The Bertz CT molecular complexity index is 293. The maximum absolute atomic E-state index is 3.62. The van der Waals surface area contributed by atoms with Crippen molar-refractivity contribution in [2.24, 2.45) is 0 Å². The minimum atomic E-state index is 0.523. The number of benzene rings is 1. The van der Waals surface area contributed by atoms with Crippen LogP contribution in [0.3, 0.4) is 0 Å². The molecule has 70 valence electrons. The van der Waals surface area contributed by atoms with Crippen LogP contribution in [0.25, 0.3) is 0 Å². The minimum absolute atomic E-state index is 0.523. The van der Waals surface area contributed by atoms with Crippen molar-refractivity contribution in [3.8, 4) is 0 Å². The van der Waals surface area contributed by atoms with Crippen LogP contribution in [0.1, 0.15) is 37.4 Å². The first-order valence-corrected chi connectivity index (χ1v) is 5.15. The number of nitrogens with one attached hydrogen (secondary N) is 1. The molecule has 1 nitrogen and oxygen atoms in total. The monoisotopic (exact) mass is 175 g/mol. The van der Waals surface area contributed by atoms with Crippen LogP contribution in [-0.4, -0.2) is 6.04 Å². The van der Waals surface area contributed by atoms with Gasteiger partial charge in [-0.1, -0.05) is 31.2 Å². The second-order valence-electron chi connectivity index (χ2n) is 3.90. The Labute approximate surface area is 80.2 Å². The van der Waals surface area contributed by atoms with E-state index in [4.69, 9.17) is 0 Å². The first kappa shape index (κ1) is 8.76. The zero-order valence-electron chi connectivity index (χ0n) is 8.38. The Morgan fingerprint density at radius 2 is 2.15 bits per heavy atom. The molecule has 0 saturated carbocycles. The summed E-state index contributed by atoms with van der Waals surface area (Å²) in [7, 11) is 0. The van der Waals surface area contributed by atoms with Crippen molar-refractivity contribution in [2.75, 3.05) is 0 Å². The fourth-order valence-corrected chi connectivity index (χ4v) is 2.17. The zero-order chi connectivity index (χ0) is 9.26. The van der Waals surface area contributed by atoms with E-state index in [2.05, 4.69) is 43.4 Å². The number of fused-ring (bicyclic) bond motifs is 1. The summed E-state index contributed by atoms with van der Waals surface area (Å²) in [5.74, 6) is 0. The topological polar surface area (TPSA) is 12.0 Å². The Kier molecular flexibility index (Phi) is 2.36. The van der Waals surface area contributed by atoms with E-state index in [0.717, 1.165) is 0 Å². The lowest BCUT2D eigenvalue weighted by atomic mass is 9.90. The molecule has 2 unspecified atom stereocenters. The lowest BCUT2D eigenvalue weighted by molar-refractivity contribution is 0.412. The predicted molar refractivity (Wildman–Crippen MR) is 55.8 cm³/mol. The Morgan fingerprint density at radius 1 is 1.38 bits per heavy atom. The van der Waals surface area contributed by atoms with Crippen LogP contribution >= 0.6 is 0 Å². The van der Waals surface area contributed by atoms with Crippen molar-refractivity contribution >= 4 is 0 Å². The van der Waals surface area contributed by atoms with Crippen LogP contribution in [-0.2, 0) is 6.42 Å². The highest BCUT2D eigenvalue weighted by Gasteiger charge is 2.20. The van der Waals surface area contributed by atoms with Gasteiger partial charge in [0.2, 0.25) is 0 Å². The molecule has 1 aliphatic heterocycles. The highest BCUT2D eigenvalue weighted by atomic mass is 15.0. The second kappa shape index (κ2) is 3.51. The van der Waals surface area contributed by atoms with Crippen LogP contribution in [0.4, 0.5) is 0 Å². The van der Waals surface area contributed by atoms with E-state index in [1.807, 2.05) is 0 Å². The molecular formula is C12H17N. The molecule has 0 saturated heterocycles. The summed E-state index contributed by atoms with van der Waals surface area (Å²) in [6.07, 6.45) is 2.41. The van der Waals surface area contributed by atoms with E-state index < -0.39 is 0 Å². The van der Waals surface area contributed by atoms with Crippen molar-refractivity contribution in [2.45, 2.75) is 38.8 Å². The molecule has 1 N–H and O–H groups in total. The molecule has 1 aromatic carbocycles. The van der Waals surface area contributed by atoms with Crippen LogP contribution in [0.2, 0.25) is 0 Å². The number of hydrogen-bond donors (Lipinski definition) is 1.